The van der Waals surface area contributed by atoms with Crippen molar-refractivity contribution in [1.82, 2.24) is 15.5 Å². The molecule has 6 nitrogen and oxygen atoms in total. The highest BCUT2D eigenvalue weighted by molar-refractivity contribution is 7.99. The molecule has 3 aliphatic heterocycles. The highest BCUT2D eigenvalue weighted by atomic mass is 32.2. The Morgan fingerprint density at radius 3 is 2.84 bits per heavy atom. The largest absolute Gasteiger partial charge is 0.490 e. The number of likely N-dealkylation sites (tertiary alicyclic amines) is 1. The van der Waals surface area contributed by atoms with Gasteiger partial charge in [-0.1, -0.05) is 19.4 Å². The number of amides is 1. The number of nitrogens with zero attached hydrogens (tertiary/aromatic N) is 2. The second-order valence-corrected chi connectivity index (χ2v) is 11.5. The van der Waals surface area contributed by atoms with Gasteiger partial charge in [-0.05, 0) is 62.4 Å². The zero-order chi connectivity index (χ0) is 22.1. The van der Waals surface area contributed by atoms with E-state index in [1.807, 2.05) is 11.8 Å². The van der Waals surface area contributed by atoms with Crippen LogP contribution in [0.5, 0.6) is 5.75 Å². The molecule has 1 amide bonds. The van der Waals surface area contributed by atoms with Gasteiger partial charge in [0.15, 0.2) is 0 Å². The number of ether oxygens (including phenoxy) is 1. The van der Waals surface area contributed by atoms with Gasteiger partial charge in [-0.3, -0.25) is 15.0 Å². The number of benzene rings is 1. The Bertz CT molecular complexity index is 813. The Balaban J connectivity index is 1.07. The molecule has 5 rings (SSSR count). The van der Waals surface area contributed by atoms with Gasteiger partial charge >= 0.3 is 0 Å². The fraction of sp³-hybridized carbons (Fsp3) is 0.720. The highest BCUT2D eigenvalue weighted by Crippen LogP contribution is 2.34. The lowest BCUT2D eigenvalue weighted by atomic mass is 9.76. The van der Waals surface area contributed by atoms with E-state index in [0.717, 1.165) is 50.7 Å². The second-order valence-electron chi connectivity index (χ2n) is 10.1. The van der Waals surface area contributed by atoms with Crippen LogP contribution in [-0.2, 0) is 11.3 Å². The van der Waals surface area contributed by atoms with Crippen LogP contribution in [0.1, 0.15) is 44.6 Å². The summed E-state index contributed by atoms with van der Waals surface area (Å²) in [5, 5.41) is 7.70. The summed E-state index contributed by atoms with van der Waals surface area (Å²) in [5.74, 6) is 3.06. The summed E-state index contributed by atoms with van der Waals surface area (Å²) in [6, 6.07) is 7.05. The molecule has 1 aromatic rings. The van der Waals surface area contributed by atoms with Gasteiger partial charge in [0, 0.05) is 30.6 Å². The third kappa shape index (κ3) is 4.90. The SMILES string of the molecule is CC1CCCC2C(=O)NC(CSC3CCN(Cc4ccc5c(c4)OCCN5C)CC3)NC12. The minimum absolute atomic E-state index is 0.126. The van der Waals surface area contributed by atoms with E-state index in [9.17, 15) is 4.79 Å². The average molecular weight is 459 g/mol. The Hall–Kier alpha value is -1.44. The van der Waals surface area contributed by atoms with Crippen LogP contribution in [0, 0.1) is 11.8 Å². The van der Waals surface area contributed by atoms with Gasteiger partial charge in [-0.25, -0.2) is 0 Å². The van der Waals surface area contributed by atoms with Crippen LogP contribution in [0.4, 0.5) is 5.69 Å². The van der Waals surface area contributed by atoms with E-state index in [4.69, 9.17) is 4.74 Å². The lowest BCUT2D eigenvalue weighted by Crippen LogP contribution is -2.65. The molecule has 176 valence electrons. The van der Waals surface area contributed by atoms with Crippen molar-refractivity contribution in [3.63, 3.8) is 0 Å². The third-order valence-corrected chi connectivity index (χ3v) is 9.30. The molecule has 0 aromatic heterocycles. The first-order valence-electron chi connectivity index (χ1n) is 12.4. The molecular weight excluding hydrogens is 420 g/mol. The number of thioether (sulfide) groups is 1. The maximum atomic E-state index is 12.6. The Morgan fingerprint density at radius 1 is 1.16 bits per heavy atom. The zero-order valence-electron chi connectivity index (χ0n) is 19.5. The van der Waals surface area contributed by atoms with E-state index >= 15 is 0 Å². The molecule has 1 aromatic carbocycles. The van der Waals surface area contributed by atoms with Crippen LogP contribution in [-0.4, -0.2) is 67.3 Å². The molecule has 1 aliphatic carbocycles. The van der Waals surface area contributed by atoms with Crippen molar-refractivity contribution in [3.8, 4) is 5.75 Å². The number of anilines is 1. The molecule has 2 N–H and O–H groups in total. The first kappa shape index (κ1) is 22.4. The summed E-state index contributed by atoms with van der Waals surface area (Å²) in [7, 11) is 2.13. The molecule has 1 saturated carbocycles. The van der Waals surface area contributed by atoms with E-state index < -0.39 is 0 Å². The maximum Gasteiger partial charge on any atom is 0.225 e. The number of hydrogen-bond donors (Lipinski definition) is 2. The van der Waals surface area contributed by atoms with Gasteiger partial charge in [0.25, 0.3) is 0 Å². The van der Waals surface area contributed by atoms with Crippen molar-refractivity contribution in [2.75, 3.05) is 43.9 Å². The number of piperidine rings is 1. The zero-order valence-corrected chi connectivity index (χ0v) is 20.3. The van der Waals surface area contributed by atoms with Crippen molar-refractivity contribution >= 4 is 23.4 Å². The first-order valence-corrected chi connectivity index (χ1v) is 13.5. The molecule has 0 bridgehead atoms. The second kappa shape index (κ2) is 9.82. The van der Waals surface area contributed by atoms with Crippen molar-refractivity contribution in [2.24, 2.45) is 11.8 Å². The smallest absolute Gasteiger partial charge is 0.225 e. The first-order chi connectivity index (χ1) is 15.6. The van der Waals surface area contributed by atoms with Crippen LogP contribution in [0.25, 0.3) is 0 Å². The Labute approximate surface area is 196 Å². The van der Waals surface area contributed by atoms with E-state index in [1.165, 1.54) is 36.9 Å². The molecule has 4 aliphatic rings. The van der Waals surface area contributed by atoms with Crippen LogP contribution in [0.3, 0.4) is 0 Å². The molecular formula is C25H38N4O2S. The number of carbonyl (C=O) groups excluding carboxylic acids is 1. The summed E-state index contributed by atoms with van der Waals surface area (Å²) >= 11 is 2.04. The van der Waals surface area contributed by atoms with Crippen LogP contribution in [0.2, 0.25) is 0 Å². The topological polar surface area (TPSA) is 56.8 Å². The van der Waals surface area contributed by atoms with Gasteiger partial charge in [0.05, 0.1) is 24.3 Å². The van der Waals surface area contributed by atoms with Gasteiger partial charge < -0.3 is 15.0 Å². The Kier molecular flexibility index (Phi) is 6.86. The molecule has 2 saturated heterocycles. The number of rotatable bonds is 5. The molecule has 0 radical (unpaired) electrons. The van der Waals surface area contributed by atoms with Crippen LogP contribution >= 0.6 is 11.8 Å². The molecule has 4 atom stereocenters. The Morgan fingerprint density at radius 2 is 2.00 bits per heavy atom. The fourth-order valence-corrected chi connectivity index (χ4v) is 7.05. The van der Waals surface area contributed by atoms with Crippen LogP contribution in [0.15, 0.2) is 18.2 Å². The lowest BCUT2D eigenvalue weighted by Gasteiger charge is -2.43. The summed E-state index contributed by atoms with van der Waals surface area (Å²) in [5.41, 5.74) is 2.54. The third-order valence-electron chi connectivity index (χ3n) is 7.83. The number of carbonyl (C=O) groups is 1. The summed E-state index contributed by atoms with van der Waals surface area (Å²) in [6.45, 7) is 7.31. The predicted molar refractivity (Wildman–Crippen MR) is 131 cm³/mol. The lowest BCUT2D eigenvalue weighted by molar-refractivity contribution is -0.131. The number of hydrogen-bond acceptors (Lipinski definition) is 6. The summed E-state index contributed by atoms with van der Waals surface area (Å²) in [4.78, 5) is 17.4. The summed E-state index contributed by atoms with van der Waals surface area (Å²) < 4.78 is 5.88. The summed E-state index contributed by atoms with van der Waals surface area (Å²) in [6.07, 6.45) is 6.04. The van der Waals surface area contributed by atoms with Crippen molar-refractivity contribution in [3.05, 3.63) is 23.8 Å². The monoisotopic (exact) mass is 458 g/mol. The molecule has 0 spiro atoms. The van der Waals surface area contributed by atoms with Crippen molar-refractivity contribution in [2.45, 2.75) is 63.0 Å². The number of nitrogens with one attached hydrogen (secondary N) is 2. The molecule has 3 fully saturated rings. The van der Waals surface area contributed by atoms with E-state index in [-0.39, 0.29) is 18.0 Å². The minimum Gasteiger partial charge on any atom is -0.490 e. The van der Waals surface area contributed by atoms with Gasteiger partial charge in [0.2, 0.25) is 5.91 Å². The average Bonchev–Trinajstić information content (AvgIpc) is 2.79. The van der Waals surface area contributed by atoms with E-state index in [1.54, 1.807) is 0 Å². The highest BCUT2D eigenvalue weighted by Gasteiger charge is 2.40. The van der Waals surface area contributed by atoms with Gasteiger partial charge in [-0.2, -0.15) is 11.8 Å². The molecule has 3 heterocycles. The fourth-order valence-electron chi connectivity index (χ4n) is 5.86. The van der Waals surface area contributed by atoms with E-state index in [0.29, 0.717) is 17.2 Å². The minimum atomic E-state index is 0.126. The quantitative estimate of drug-likeness (QED) is 0.707. The maximum absolute atomic E-state index is 12.6. The molecule has 7 heteroatoms. The van der Waals surface area contributed by atoms with E-state index in [2.05, 4.69) is 52.6 Å². The van der Waals surface area contributed by atoms with Crippen molar-refractivity contribution in [1.29, 1.82) is 0 Å². The van der Waals surface area contributed by atoms with Gasteiger partial charge in [0.1, 0.15) is 12.4 Å². The normalized spacial score (nSPS) is 31.4. The standard InChI is InChI=1S/C25H38N4O2S/c1-17-4-3-5-20-24(17)26-23(27-25(20)30)16-32-19-8-10-29(11-9-19)15-18-6-7-21-22(14-18)31-13-12-28(21)2/h6-7,14,17,19-20,23-24,26H,3-5,8-13,15-16H2,1-2H3,(H,27,30). The van der Waals surface area contributed by atoms with Crippen LogP contribution < -0.4 is 20.3 Å². The number of fused-ring (bicyclic) bond motifs is 2. The van der Waals surface area contributed by atoms with Crippen molar-refractivity contribution < 1.29 is 9.53 Å². The molecule has 4 unspecified atom stereocenters. The predicted octanol–water partition coefficient (Wildman–Crippen LogP) is 3.06. The number of likely N-dealkylation sites (N-methyl/N-ethyl adjacent to an activating group) is 1. The van der Waals surface area contributed by atoms with Gasteiger partial charge in [-0.15, -0.1) is 0 Å². The molecule has 32 heavy (non-hydrogen) atoms.